The third-order valence-electron chi connectivity index (χ3n) is 3.70. The van der Waals surface area contributed by atoms with Crippen molar-refractivity contribution in [1.29, 1.82) is 0 Å². The van der Waals surface area contributed by atoms with Crippen LogP contribution in [0, 0.1) is 0 Å². The van der Waals surface area contributed by atoms with Crippen LogP contribution in [-0.4, -0.2) is 34.9 Å². The Labute approximate surface area is 131 Å². The first-order valence-electron chi connectivity index (χ1n) is 6.81. The van der Waals surface area contributed by atoms with Gasteiger partial charge < -0.3 is 10.6 Å². The zero-order chi connectivity index (χ0) is 13.9. The molecule has 0 radical (unpaired) electrons. The van der Waals surface area contributed by atoms with Crippen LogP contribution in [0.2, 0.25) is 0 Å². The van der Waals surface area contributed by atoms with E-state index < -0.39 is 5.54 Å². The van der Waals surface area contributed by atoms with Crippen LogP contribution in [0.4, 0.5) is 0 Å². The second-order valence-corrected chi connectivity index (χ2v) is 6.63. The number of halogens is 1. The van der Waals surface area contributed by atoms with E-state index in [0.717, 1.165) is 30.8 Å². The summed E-state index contributed by atoms with van der Waals surface area (Å²) in [7, 11) is 0. The van der Waals surface area contributed by atoms with Crippen LogP contribution in [0.15, 0.2) is 30.3 Å². The van der Waals surface area contributed by atoms with Gasteiger partial charge in [0.25, 0.3) is 0 Å². The van der Waals surface area contributed by atoms with Crippen LogP contribution in [0.5, 0.6) is 0 Å². The molecular formula is C15H23ClN2OS. The Morgan fingerprint density at radius 3 is 2.70 bits per heavy atom. The van der Waals surface area contributed by atoms with E-state index in [1.165, 1.54) is 0 Å². The minimum absolute atomic E-state index is 0. The van der Waals surface area contributed by atoms with Gasteiger partial charge in [0, 0.05) is 24.1 Å². The van der Waals surface area contributed by atoms with E-state index in [0.29, 0.717) is 5.25 Å². The number of thioether (sulfide) groups is 1. The molecule has 1 heterocycles. The molecule has 0 saturated carbocycles. The molecule has 20 heavy (non-hydrogen) atoms. The van der Waals surface area contributed by atoms with Crippen LogP contribution < -0.4 is 5.73 Å². The summed E-state index contributed by atoms with van der Waals surface area (Å²) in [6, 6.07) is 9.64. The van der Waals surface area contributed by atoms with Crippen molar-refractivity contribution in [2.45, 2.75) is 31.1 Å². The second-order valence-electron chi connectivity index (χ2n) is 5.22. The molecule has 2 atom stereocenters. The number of benzene rings is 1. The molecule has 0 aromatic heterocycles. The predicted octanol–water partition coefficient (Wildman–Crippen LogP) is 2.64. The minimum Gasteiger partial charge on any atom is -0.339 e. The van der Waals surface area contributed by atoms with Gasteiger partial charge in [-0.2, -0.15) is 11.8 Å². The van der Waals surface area contributed by atoms with Crippen molar-refractivity contribution in [2.75, 3.05) is 18.8 Å². The fourth-order valence-corrected chi connectivity index (χ4v) is 3.57. The first kappa shape index (κ1) is 17.3. The topological polar surface area (TPSA) is 46.3 Å². The lowest BCUT2D eigenvalue weighted by Gasteiger charge is -2.37. The fourth-order valence-electron chi connectivity index (χ4n) is 2.39. The highest BCUT2D eigenvalue weighted by Crippen LogP contribution is 2.26. The van der Waals surface area contributed by atoms with Gasteiger partial charge in [-0.15, -0.1) is 12.4 Å². The van der Waals surface area contributed by atoms with Crippen molar-refractivity contribution < 1.29 is 4.79 Å². The molecule has 5 heteroatoms. The van der Waals surface area contributed by atoms with E-state index in [9.17, 15) is 4.79 Å². The molecule has 1 saturated heterocycles. The lowest BCUT2D eigenvalue weighted by atomic mass is 9.91. The lowest BCUT2D eigenvalue weighted by molar-refractivity contribution is -0.136. The highest BCUT2D eigenvalue weighted by Gasteiger charge is 2.36. The molecular weight excluding hydrogens is 292 g/mol. The van der Waals surface area contributed by atoms with E-state index in [1.807, 2.05) is 53.9 Å². The first-order valence-corrected chi connectivity index (χ1v) is 7.86. The molecule has 2 rings (SSSR count). The maximum Gasteiger partial charge on any atom is 0.247 e. The Bertz CT molecular complexity index is 439. The number of rotatable bonds is 3. The summed E-state index contributed by atoms with van der Waals surface area (Å²) in [6.07, 6.45) is 1.10. The van der Waals surface area contributed by atoms with Crippen molar-refractivity contribution in [3.8, 4) is 0 Å². The molecule has 1 amide bonds. The second kappa shape index (κ2) is 7.34. The smallest absolute Gasteiger partial charge is 0.247 e. The molecule has 2 unspecified atom stereocenters. The predicted molar refractivity (Wildman–Crippen MR) is 88.3 cm³/mol. The zero-order valence-electron chi connectivity index (χ0n) is 12.0. The Hall–Kier alpha value is -0.710. The molecule has 0 spiro atoms. The highest BCUT2D eigenvalue weighted by molar-refractivity contribution is 8.00. The van der Waals surface area contributed by atoms with Gasteiger partial charge in [0.05, 0.1) is 0 Å². The Morgan fingerprint density at radius 2 is 2.10 bits per heavy atom. The van der Waals surface area contributed by atoms with Gasteiger partial charge in [0.15, 0.2) is 0 Å². The average molecular weight is 315 g/mol. The normalized spacial score (nSPS) is 21.8. The van der Waals surface area contributed by atoms with Crippen molar-refractivity contribution in [3.63, 3.8) is 0 Å². The lowest BCUT2D eigenvalue weighted by Crippen LogP contribution is -2.54. The summed E-state index contributed by atoms with van der Waals surface area (Å²) in [4.78, 5) is 14.6. The number of hydrogen-bond acceptors (Lipinski definition) is 3. The van der Waals surface area contributed by atoms with Gasteiger partial charge in [0.1, 0.15) is 5.54 Å². The highest BCUT2D eigenvalue weighted by atomic mass is 35.5. The standard InChI is InChI=1S/C15H22N2OS.ClH/c1-3-13-11-17(9-10-19-13)14(18)15(2,16)12-7-5-4-6-8-12;/h4-8,13H,3,9-11,16H2,1-2H3;1H. The maximum atomic E-state index is 12.7. The summed E-state index contributed by atoms with van der Waals surface area (Å²) in [5.74, 6) is 1.05. The van der Waals surface area contributed by atoms with Crippen LogP contribution in [-0.2, 0) is 10.3 Å². The van der Waals surface area contributed by atoms with Crippen LogP contribution in [0.25, 0.3) is 0 Å². The molecule has 0 aliphatic carbocycles. The van der Waals surface area contributed by atoms with Gasteiger partial charge >= 0.3 is 0 Å². The summed E-state index contributed by atoms with van der Waals surface area (Å²) >= 11 is 1.96. The van der Waals surface area contributed by atoms with Gasteiger partial charge in [-0.05, 0) is 18.9 Å². The summed E-state index contributed by atoms with van der Waals surface area (Å²) in [6.45, 7) is 5.61. The number of amides is 1. The van der Waals surface area contributed by atoms with Gasteiger partial charge in [0.2, 0.25) is 5.91 Å². The molecule has 1 aliphatic rings. The van der Waals surface area contributed by atoms with E-state index in [4.69, 9.17) is 5.73 Å². The van der Waals surface area contributed by atoms with Crippen LogP contribution in [0.3, 0.4) is 0 Å². The Kier molecular flexibility index (Phi) is 6.37. The molecule has 1 aromatic carbocycles. The number of hydrogen-bond donors (Lipinski definition) is 1. The summed E-state index contributed by atoms with van der Waals surface area (Å²) in [5, 5.41) is 0.546. The summed E-state index contributed by atoms with van der Waals surface area (Å²) in [5.41, 5.74) is 6.25. The quantitative estimate of drug-likeness (QED) is 0.933. The molecule has 2 N–H and O–H groups in total. The number of nitrogens with two attached hydrogens (primary N) is 1. The van der Waals surface area contributed by atoms with E-state index >= 15 is 0 Å². The minimum atomic E-state index is -0.929. The van der Waals surface area contributed by atoms with Crippen LogP contribution >= 0.6 is 24.2 Å². The first-order chi connectivity index (χ1) is 9.05. The third kappa shape index (κ3) is 3.68. The fraction of sp³-hybridized carbons (Fsp3) is 0.533. The number of carbonyl (C=O) groups excluding carboxylic acids is 1. The zero-order valence-corrected chi connectivity index (χ0v) is 13.7. The average Bonchev–Trinajstić information content (AvgIpc) is 2.47. The van der Waals surface area contributed by atoms with Gasteiger partial charge in [-0.3, -0.25) is 4.79 Å². The number of carbonyl (C=O) groups is 1. The molecule has 112 valence electrons. The van der Waals surface area contributed by atoms with Gasteiger partial charge in [-0.25, -0.2) is 0 Å². The molecule has 1 aromatic rings. The van der Waals surface area contributed by atoms with Crippen LogP contribution in [0.1, 0.15) is 25.8 Å². The Balaban J connectivity index is 0.00000200. The van der Waals surface area contributed by atoms with E-state index in [1.54, 1.807) is 0 Å². The van der Waals surface area contributed by atoms with E-state index in [-0.39, 0.29) is 18.3 Å². The molecule has 1 aliphatic heterocycles. The largest absolute Gasteiger partial charge is 0.339 e. The SMILES string of the molecule is CCC1CN(C(=O)C(C)(N)c2ccccc2)CCS1.Cl. The van der Waals surface area contributed by atoms with Crippen molar-refractivity contribution in [1.82, 2.24) is 4.90 Å². The van der Waals surface area contributed by atoms with Crippen molar-refractivity contribution in [2.24, 2.45) is 5.73 Å². The van der Waals surface area contributed by atoms with Crippen molar-refractivity contribution >= 4 is 30.1 Å². The number of nitrogens with zero attached hydrogens (tertiary/aromatic N) is 1. The molecule has 0 bridgehead atoms. The van der Waals surface area contributed by atoms with E-state index in [2.05, 4.69) is 6.92 Å². The van der Waals surface area contributed by atoms with Crippen molar-refractivity contribution in [3.05, 3.63) is 35.9 Å². The molecule has 1 fully saturated rings. The third-order valence-corrected chi connectivity index (χ3v) is 5.07. The Morgan fingerprint density at radius 1 is 1.45 bits per heavy atom. The monoisotopic (exact) mass is 314 g/mol. The molecule has 3 nitrogen and oxygen atoms in total. The van der Waals surface area contributed by atoms with Gasteiger partial charge in [-0.1, -0.05) is 37.3 Å². The summed E-state index contributed by atoms with van der Waals surface area (Å²) < 4.78 is 0. The maximum absolute atomic E-state index is 12.7.